The average molecular weight is 365 g/mol. The van der Waals surface area contributed by atoms with E-state index < -0.39 is 0 Å². The van der Waals surface area contributed by atoms with Gasteiger partial charge in [-0.1, -0.05) is 41.9 Å². The summed E-state index contributed by atoms with van der Waals surface area (Å²) in [5.41, 5.74) is 3.39. The van der Waals surface area contributed by atoms with Gasteiger partial charge in [0.25, 0.3) is 0 Å². The SMILES string of the molecule is Cc1cc2occ(CC(=O)Oc3ccc4ccccc4c3)c2c(C)c1Cl. The second kappa shape index (κ2) is 6.50. The third kappa shape index (κ3) is 2.95. The van der Waals surface area contributed by atoms with Crippen LogP contribution in [-0.4, -0.2) is 5.97 Å². The standard InChI is InChI=1S/C22H17ClO3/c1-13-9-19-21(14(2)22(13)23)17(12-25-19)11-20(24)26-18-8-7-15-5-3-4-6-16(15)10-18/h3-10,12H,11H2,1-2H3. The monoisotopic (exact) mass is 364 g/mol. The number of fused-ring (bicyclic) bond motifs is 2. The Morgan fingerprint density at radius 1 is 1.08 bits per heavy atom. The van der Waals surface area contributed by atoms with Gasteiger partial charge in [0, 0.05) is 16.0 Å². The summed E-state index contributed by atoms with van der Waals surface area (Å²) in [5.74, 6) is 0.200. The van der Waals surface area contributed by atoms with Gasteiger partial charge in [-0.2, -0.15) is 0 Å². The van der Waals surface area contributed by atoms with E-state index in [1.165, 1.54) is 0 Å². The van der Waals surface area contributed by atoms with Crippen LogP contribution in [0.4, 0.5) is 0 Å². The molecule has 3 aromatic carbocycles. The maximum Gasteiger partial charge on any atom is 0.315 e. The second-order valence-electron chi connectivity index (χ2n) is 6.43. The molecule has 0 aliphatic carbocycles. The van der Waals surface area contributed by atoms with E-state index in [1.807, 2.05) is 56.3 Å². The molecule has 0 N–H and O–H groups in total. The van der Waals surface area contributed by atoms with Gasteiger partial charge >= 0.3 is 5.97 Å². The van der Waals surface area contributed by atoms with E-state index in [0.717, 1.165) is 38.4 Å². The number of aryl methyl sites for hydroxylation is 2. The lowest BCUT2D eigenvalue weighted by molar-refractivity contribution is -0.133. The number of furan rings is 1. The third-order valence-corrected chi connectivity index (χ3v) is 5.16. The molecular formula is C22H17ClO3. The Morgan fingerprint density at radius 2 is 1.85 bits per heavy atom. The first-order valence-electron chi connectivity index (χ1n) is 8.38. The van der Waals surface area contributed by atoms with Crippen molar-refractivity contribution < 1.29 is 13.9 Å². The molecule has 26 heavy (non-hydrogen) atoms. The molecule has 0 spiro atoms. The van der Waals surface area contributed by atoms with Crippen molar-refractivity contribution in [3.63, 3.8) is 0 Å². The highest BCUT2D eigenvalue weighted by Crippen LogP contribution is 2.33. The molecule has 0 radical (unpaired) electrons. The summed E-state index contributed by atoms with van der Waals surface area (Å²) < 4.78 is 11.1. The van der Waals surface area contributed by atoms with Crippen LogP contribution in [0.3, 0.4) is 0 Å². The fourth-order valence-electron chi connectivity index (χ4n) is 3.29. The largest absolute Gasteiger partial charge is 0.464 e. The van der Waals surface area contributed by atoms with Gasteiger partial charge in [-0.3, -0.25) is 4.79 Å². The first kappa shape index (κ1) is 16.7. The molecule has 3 nitrogen and oxygen atoms in total. The fourth-order valence-corrected chi connectivity index (χ4v) is 3.44. The molecule has 0 unspecified atom stereocenters. The molecule has 4 heteroatoms. The summed E-state index contributed by atoms with van der Waals surface area (Å²) in [5, 5.41) is 3.72. The molecule has 4 aromatic rings. The number of carbonyl (C=O) groups is 1. The molecule has 1 heterocycles. The summed E-state index contributed by atoms with van der Waals surface area (Å²) in [6, 6.07) is 15.5. The third-order valence-electron chi connectivity index (χ3n) is 4.58. The molecule has 0 saturated carbocycles. The van der Waals surface area contributed by atoms with Gasteiger partial charge < -0.3 is 9.15 Å². The van der Waals surface area contributed by atoms with E-state index in [0.29, 0.717) is 10.8 Å². The van der Waals surface area contributed by atoms with Crippen molar-refractivity contribution >= 4 is 39.3 Å². The molecule has 0 bridgehead atoms. The van der Waals surface area contributed by atoms with Crippen molar-refractivity contribution in [2.24, 2.45) is 0 Å². The maximum absolute atomic E-state index is 12.4. The van der Waals surface area contributed by atoms with Crippen LogP contribution in [-0.2, 0) is 11.2 Å². The lowest BCUT2D eigenvalue weighted by Crippen LogP contribution is -2.11. The normalized spacial score (nSPS) is 11.2. The Bertz CT molecular complexity index is 1140. The van der Waals surface area contributed by atoms with E-state index in [2.05, 4.69) is 0 Å². The Balaban J connectivity index is 1.60. The lowest BCUT2D eigenvalue weighted by Gasteiger charge is -2.07. The summed E-state index contributed by atoms with van der Waals surface area (Å²) >= 11 is 6.35. The Kier molecular flexibility index (Phi) is 4.17. The number of halogens is 1. The van der Waals surface area contributed by atoms with Gasteiger partial charge in [0.1, 0.15) is 11.3 Å². The Labute approximate surface area is 156 Å². The van der Waals surface area contributed by atoms with Crippen molar-refractivity contribution in [3.05, 3.63) is 76.5 Å². The van der Waals surface area contributed by atoms with Crippen LogP contribution < -0.4 is 4.74 Å². The van der Waals surface area contributed by atoms with E-state index in [9.17, 15) is 4.79 Å². The van der Waals surface area contributed by atoms with Crippen LogP contribution >= 0.6 is 11.6 Å². The minimum Gasteiger partial charge on any atom is -0.464 e. The second-order valence-corrected chi connectivity index (χ2v) is 6.80. The Hall–Kier alpha value is -2.78. The van der Waals surface area contributed by atoms with Crippen LogP contribution in [0.1, 0.15) is 16.7 Å². The molecule has 1 aromatic heterocycles. The van der Waals surface area contributed by atoms with Gasteiger partial charge in [-0.15, -0.1) is 0 Å². The van der Waals surface area contributed by atoms with Gasteiger partial charge in [0.15, 0.2) is 0 Å². The van der Waals surface area contributed by atoms with Gasteiger partial charge in [-0.25, -0.2) is 0 Å². The van der Waals surface area contributed by atoms with Gasteiger partial charge in [0.2, 0.25) is 0 Å². The van der Waals surface area contributed by atoms with Gasteiger partial charge in [0.05, 0.1) is 12.7 Å². The van der Waals surface area contributed by atoms with E-state index in [-0.39, 0.29) is 12.4 Å². The predicted octanol–water partition coefficient (Wildman–Crippen LogP) is 6.00. The van der Waals surface area contributed by atoms with Crippen LogP contribution in [0, 0.1) is 13.8 Å². The number of carbonyl (C=O) groups excluding carboxylic acids is 1. The van der Waals surface area contributed by atoms with E-state index in [1.54, 1.807) is 12.3 Å². The highest BCUT2D eigenvalue weighted by molar-refractivity contribution is 6.33. The summed E-state index contributed by atoms with van der Waals surface area (Å²) in [6.45, 7) is 3.87. The summed E-state index contributed by atoms with van der Waals surface area (Å²) in [4.78, 5) is 12.4. The topological polar surface area (TPSA) is 39.4 Å². The zero-order valence-corrected chi connectivity index (χ0v) is 15.3. The highest BCUT2D eigenvalue weighted by Gasteiger charge is 2.16. The van der Waals surface area contributed by atoms with Crippen molar-refractivity contribution in [1.29, 1.82) is 0 Å². The Morgan fingerprint density at radius 3 is 2.65 bits per heavy atom. The van der Waals surface area contributed by atoms with Crippen LogP contribution in [0.25, 0.3) is 21.7 Å². The predicted molar refractivity (Wildman–Crippen MR) is 104 cm³/mol. The highest BCUT2D eigenvalue weighted by atomic mass is 35.5. The number of hydrogen-bond acceptors (Lipinski definition) is 3. The molecule has 130 valence electrons. The molecule has 0 aliphatic rings. The van der Waals surface area contributed by atoms with Crippen LogP contribution in [0.2, 0.25) is 5.02 Å². The van der Waals surface area contributed by atoms with Crippen LogP contribution in [0.15, 0.2) is 59.2 Å². The van der Waals surface area contributed by atoms with Crippen molar-refractivity contribution in [2.45, 2.75) is 20.3 Å². The molecule has 4 rings (SSSR count). The van der Waals surface area contributed by atoms with Crippen molar-refractivity contribution in [2.75, 3.05) is 0 Å². The first-order valence-corrected chi connectivity index (χ1v) is 8.76. The zero-order chi connectivity index (χ0) is 18.3. The van der Waals surface area contributed by atoms with Crippen molar-refractivity contribution in [1.82, 2.24) is 0 Å². The van der Waals surface area contributed by atoms with E-state index in [4.69, 9.17) is 20.8 Å². The number of esters is 1. The number of rotatable bonds is 3. The summed E-state index contributed by atoms with van der Waals surface area (Å²) in [6.07, 6.45) is 1.73. The fraction of sp³-hybridized carbons (Fsp3) is 0.136. The van der Waals surface area contributed by atoms with Crippen LogP contribution in [0.5, 0.6) is 5.75 Å². The number of ether oxygens (including phenoxy) is 1. The smallest absolute Gasteiger partial charge is 0.315 e. The molecule has 0 saturated heterocycles. The number of hydrogen-bond donors (Lipinski definition) is 0. The quantitative estimate of drug-likeness (QED) is 0.330. The molecule has 0 fully saturated rings. The first-order chi connectivity index (χ1) is 12.5. The molecular weight excluding hydrogens is 348 g/mol. The molecule has 0 amide bonds. The van der Waals surface area contributed by atoms with Gasteiger partial charge in [-0.05, 0) is 53.9 Å². The lowest BCUT2D eigenvalue weighted by atomic mass is 10.0. The van der Waals surface area contributed by atoms with E-state index >= 15 is 0 Å². The minimum absolute atomic E-state index is 0.125. The van der Waals surface area contributed by atoms with Crippen molar-refractivity contribution in [3.8, 4) is 5.75 Å². The average Bonchev–Trinajstić information content (AvgIpc) is 3.02. The maximum atomic E-state index is 12.4. The number of benzene rings is 3. The molecule has 0 aliphatic heterocycles. The summed E-state index contributed by atoms with van der Waals surface area (Å²) in [7, 11) is 0. The zero-order valence-electron chi connectivity index (χ0n) is 14.5. The molecule has 0 atom stereocenters. The minimum atomic E-state index is -0.334.